The number of ketones is 1. The van der Waals surface area contributed by atoms with Crippen molar-refractivity contribution in [2.24, 2.45) is 5.92 Å². The number of benzene rings is 1. The van der Waals surface area contributed by atoms with Gasteiger partial charge in [0, 0.05) is 13.5 Å². The van der Waals surface area contributed by atoms with E-state index in [-0.39, 0.29) is 31.3 Å². The van der Waals surface area contributed by atoms with E-state index < -0.39 is 36.5 Å². The third-order valence-corrected chi connectivity index (χ3v) is 4.21. The average molecular weight is 409 g/mol. The first-order chi connectivity index (χ1) is 13.8. The van der Waals surface area contributed by atoms with Crippen molar-refractivity contribution in [3.63, 3.8) is 0 Å². The molecule has 2 atom stereocenters. The molecular weight excluding hydrogens is 381 g/mol. The van der Waals surface area contributed by atoms with Crippen LogP contribution >= 0.6 is 0 Å². The largest absolute Gasteiger partial charge is 0.445 e. The molecule has 0 aliphatic heterocycles. The first-order valence-corrected chi connectivity index (χ1v) is 9.35. The smallest absolute Gasteiger partial charge is 0.408 e. The van der Waals surface area contributed by atoms with E-state index in [1.165, 1.54) is 7.05 Å². The normalized spacial score (nSPS) is 12.6. The van der Waals surface area contributed by atoms with E-state index in [0.29, 0.717) is 0 Å². The molecule has 3 N–H and O–H groups in total. The number of alkyl carbamates (subject to hydrolysis) is 1. The lowest BCUT2D eigenvalue weighted by atomic mass is 10.0. The van der Waals surface area contributed by atoms with E-state index in [1.54, 1.807) is 26.0 Å². The number of alkyl halides is 1. The lowest BCUT2D eigenvalue weighted by Gasteiger charge is -2.24. The summed E-state index contributed by atoms with van der Waals surface area (Å²) in [5.74, 6) is -2.14. The summed E-state index contributed by atoms with van der Waals surface area (Å²) in [5.41, 5.74) is 0.788. The van der Waals surface area contributed by atoms with Crippen molar-refractivity contribution in [1.82, 2.24) is 16.0 Å². The highest BCUT2D eigenvalue weighted by Gasteiger charge is 2.29. The number of Topliss-reactive ketones (excluding diaryl/α,β-unsaturated/α-hetero) is 1. The van der Waals surface area contributed by atoms with Gasteiger partial charge in [0.25, 0.3) is 0 Å². The summed E-state index contributed by atoms with van der Waals surface area (Å²) < 4.78 is 17.9. The van der Waals surface area contributed by atoms with E-state index in [0.717, 1.165) is 5.56 Å². The third kappa shape index (κ3) is 8.71. The quantitative estimate of drug-likeness (QED) is 0.512. The Hall–Kier alpha value is -2.97. The zero-order valence-corrected chi connectivity index (χ0v) is 16.9. The van der Waals surface area contributed by atoms with Crippen LogP contribution in [0.4, 0.5) is 9.18 Å². The van der Waals surface area contributed by atoms with Gasteiger partial charge in [-0.1, -0.05) is 44.2 Å². The van der Waals surface area contributed by atoms with E-state index in [9.17, 15) is 23.6 Å². The molecule has 160 valence electrons. The predicted octanol–water partition coefficient (Wildman–Crippen LogP) is 1.49. The zero-order chi connectivity index (χ0) is 21.8. The maximum absolute atomic E-state index is 12.8. The van der Waals surface area contributed by atoms with Crippen LogP contribution in [0.15, 0.2) is 30.3 Å². The molecule has 0 spiro atoms. The van der Waals surface area contributed by atoms with Gasteiger partial charge in [0.05, 0.1) is 6.04 Å². The first-order valence-electron chi connectivity index (χ1n) is 9.35. The molecule has 3 amide bonds. The maximum Gasteiger partial charge on any atom is 0.408 e. The lowest BCUT2D eigenvalue weighted by Crippen LogP contribution is -2.54. The van der Waals surface area contributed by atoms with E-state index in [4.69, 9.17) is 4.74 Å². The average Bonchev–Trinajstić information content (AvgIpc) is 2.72. The molecule has 0 radical (unpaired) electrons. The summed E-state index contributed by atoms with van der Waals surface area (Å²) in [6, 6.07) is 6.88. The number of halogens is 1. The predicted molar refractivity (Wildman–Crippen MR) is 105 cm³/mol. The molecule has 0 aliphatic carbocycles. The number of nitrogens with one attached hydrogen (secondary N) is 3. The molecule has 1 unspecified atom stereocenters. The number of hydrogen-bond donors (Lipinski definition) is 3. The molecule has 0 heterocycles. The van der Waals surface area contributed by atoms with Crippen molar-refractivity contribution in [3.8, 4) is 0 Å². The molecule has 1 aromatic rings. The summed E-state index contributed by atoms with van der Waals surface area (Å²) >= 11 is 0. The van der Waals surface area contributed by atoms with Crippen molar-refractivity contribution in [2.45, 2.75) is 45.4 Å². The molecule has 0 fully saturated rings. The highest BCUT2D eigenvalue weighted by molar-refractivity contribution is 5.93. The highest BCUT2D eigenvalue weighted by Crippen LogP contribution is 2.07. The fourth-order valence-corrected chi connectivity index (χ4v) is 2.50. The Morgan fingerprint density at radius 3 is 2.28 bits per heavy atom. The first kappa shape index (κ1) is 24.1. The fraction of sp³-hybridized carbons (Fsp3) is 0.500. The second-order valence-electron chi connectivity index (χ2n) is 6.80. The van der Waals surface area contributed by atoms with Gasteiger partial charge in [0.2, 0.25) is 11.8 Å². The number of carbonyl (C=O) groups is 4. The second kappa shape index (κ2) is 12.5. The van der Waals surface area contributed by atoms with E-state index in [1.807, 2.05) is 18.2 Å². The molecule has 0 saturated carbocycles. The Bertz CT molecular complexity index is 697. The lowest BCUT2D eigenvalue weighted by molar-refractivity contribution is -0.130. The minimum absolute atomic E-state index is 0.0359. The highest BCUT2D eigenvalue weighted by atomic mass is 19.1. The van der Waals surface area contributed by atoms with Crippen molar-refractivity contribution in [1.29, 1.82) is 0 Å². The van der Waals surface area contributed by atoms with Crippen LogP contribution in [0, 0.1) is 5.92 Å². The zero-order valence-electron chi connectivity index (χ0n) is 16.9. The summed E-state index contributed by atoms with van der Waals surface area (Å²) in [4.78, 5) is 47.8. The summed E-state index contributed by atoms with van der Waals surface area (Å²) in [7, 11) is 1.44. The molecule has 1 aromatic carbocycles. The number of amides is 3. The van der Waals surface area contributed by atoms with Crippen LogP contribution in [0.3, 0.4) is 0 Å². The van der Waals surface area contributed by atoms with Gasteiger partial charge in [-0.2, -0.15) is 0 Å². The Morgan fingerprint density at radius 1 is 1.07 bits per heavy atom. The summed E-state index contributed by atoms with van der Waals surface area (Å²) in [6.45, 7) is 2.18. The van der Waals surface area contributed by atoms with Crippen molar-refractivity contribution >= 4 is 23.7 Å². The van der Waals surface area contributed by atoms with Crippen LogP contribution in [0.25, 0.3) is 0 Å². The Morgan fingerprint density at radius 2 is 1.72 bits per heavy atom. The van der Waals surface area contributed by atoms with Gasteiger partial charge in [-0.3, -0.25) is 14.4 Å². The monoisotopic (exact) mass is 409 g/mol. The fourth-order valence-electron chi connectivity index (χ4n) is 2.50. The Balaban J connectivity index is 2.69. The van der Waals surface area contributed by atoms with Crippen LogP contribution < -0.4 is 16.0 Å². The summed E-state index contributed by atoms with van der Waals surface area (Å²) in [5, 5.41) is 7.29. The van der Waals surface area contributed by atoms with Crippen molar-refractivity contribution in [2.75, 3.05) is 13.7 Å². The minimum Gasteiger partial charge on any atom is -0.445 e. The van der Waals surface area contributed by atoms with Gasteiger partial charge >= 0.3 is 6.09 Å². The van der Waals surface area contributed by atoms with Crippen molar-refractivity contribution < 1.29 is 28.3 Å². The molecule has 9 heteroatoms. The van der Waals surface area contributed by atoms with Gasteiger partial charge < -0.3 is 20.7 Å². The molecule has 29 heavy (non-hydrogen) atoms. The van der Waals surface area contributed by atoms with Gasteiger partial charge in [-0.25, -0.2) is 9.18 Å². The van der Waals surface area contributed by atoms with Crippen molar-refractivity contribution in [3.05, 3.63) is 35.9 Å². The molecule has 0 saturated heterocycles. The molecular formula is C20H28FN3O5. The number of carbonyl (C=O) groups excluding carboxylic acids is 4. The van der Waals surface area contributed by atoms with Gasteiger partial charge in [-0.05, 0) is 17.9 Å². The van der Waals surface area contributed by atoms with Gasteiger partial charge in [0.1, 0.15) is 19.3 Å². The SMILES string of the molecule is CNC(=O)CCC(NC(=O)[C@@H](NC(=O)OCc1ccccc1)C(C)C)C(=O)CF. The van der Waals surface area contributed by atoms with Crippen LogP contribution in [0.1, 0.15) is 32.3 Å². The van der Waals surface area contributed by atoms with E-state index >= 15 is 0 Å². The molecule has 0 bridgehead atoms. The topological polar surface area (TPSA) is 114 Å². The van der Waals surface area contributed by atoms with Crippen LogP contribution in [-0.4, -0.2) is 49.5 Å². The minimum atomic E-state index is -1.27. The Labute approximate surface area is 169 Å². The molecule has 8 nitrogen and oxygen atoms in total. The molecule has 0 aromatic heterocycles. The van der Waals surface area contributed by atoms with Crippen LogP contribution in [0.2, 0.25) is 0 Å². The maximum atomic E-state index is 12.8. The standard InChI is InChI=1S/C20H28FN3O5/c1-13(2)18(24-20(28)29-12-14-7-5-4-6-8-14)19(27)23-15(16(25)11-21)9-10-17(26)22-3/h4-8,13,15,18H,9-12H2,1-3H3,(H,22,26)(H,23,27)(H,24,28)/t15?,18-/m0/s1. The summed E-state index contributed by atoms with van der Waals surface area (Å²) in [6.07, 6.45) is -0.884. The molecule has 1 rings (SSSR count). The third-order valence-electron chi connectivity index (χ3n) is 4.21. The molecule has 0 aliphatic rings. The van der Waals surface area contributed by atoms with Gasteiger partial charge in [0.15, 0.2) is 5.78 Å². The van der Waals surface area contributed by atoms with Crippen LogP contribution in [0.5, 0.6) is 0 Å². The van der Waals surface area contributed by atoms with Crippen LogP contribution in [-0.2, 0) is 25.7 Å². The number of hydrogen-bond acceptors (Lipinski definition) is 5. The van der Waals surface area contributed by atoms with Gasteiger partial charge in [-0.15, -0.1) is 0 Å². The number of ether oxygens (including phenoxy) is 1. The Kier molecular flexibility index (Phi) is 10.4. The number of rotatable bonds is 11. The second-order valence-corrected chi connectivity index (χ2v) is 6.80. The van der Waals surface area contributed by atoms with E-state index in [2.05, 4.69) is 16.0 Å².